The average molecular weight is 610 g/mol. The average Bonchev–Trinajstić information content (AvgIpc) is 2.97. The summed E-state index contributed by atoms with van der Waals surface area (Å²) in [7, 11) is 1.71. The predicted octanol–water partition coefficient (Wildman–Crippen LogP) is 6.11. The molecule has 1 amide bonds. The van der Waals surface area contributed by atoms with Crippen molar-refractivity contribution in [1.29, 1.82) is 0 Å². The summed E-state index contributed by atoms with van der Waals surface area (Å²) in [5, 5.41) is 6.36. The molecule has 5 rings (SSSR count). The lowest BCUT2D eigenvalue weighted by atomic mass is 10.1. The van der Waals surface area contributed by atoms with Crippen molar-refractivity contribution in [1.82, 2.24) is 14.9 Å². The summed E-state index contributed by atoms with van der Waals surface area (Å²) >= 11 is 6.39. The molecule has 1 aliphatic heterocycles. The summed E-state index contributed by atoms with van der Waals surface area (Å²) in [5.74, 6) is -0.661. The van der Waals surface area contributed by atoms with Crippen LogP contribution in [-0.4, -0.2) is 60.2 Å². The molecule has 2 heterocycles. The zero-order valence-corrected chi connectivity index (χ0v) is 24.2. The Morgan fingerprint density at radius 1 is 1.12 bits per heavy atom. The summed E-state index contributed by atoms with van der Waals surface area (Å²) in [6, 6.07) is 11.8. The maximum atomic E-state index is 15.2. The van der Waals surface area contributed by atoms with E-state index in [2.05, 4.69) is 32.1 Å². The molecule has 1 aromatic heterocycles. The molecule has 9 nitrogen and oxygen atoms in total. The molecule has 3 aromatic carbocycles. The summed E-state index contributed by atoms with van der Waals surface area (Å²) < 4.78 is 45.6. The minimum atomic E-state index is -0.649. The second-order valence-corrected chi connectivity index (χ2v) is 10.3. The Morgan fingerprint density at radius 2 is 1.95 bits per heavy atom. The molecule has 1 saturated heterocycles. The lowest BCUT2D eigenvalue weighted by molar-refractivity contribution is -0.111. The number of hydrogen-bond acceptors (Lipinski definition) is 8. The van der Waals surface area contributed by atoms with Crippen molar-refractivity contribution in [3.05, 3.63) is 89.7 Å². The van der Waals surface area contributed by atoms with Gasteiger partial charge in [-0.15, -0.1) is 0 Å². The molecule has 224 valence electrons. The fourth-order valence-corrected chi connectivity index (χ4v) is 4.78. The number of hydrogen-bond donors (Lipinski definition) is 2. The number of fused-ring (bicyclic) bond motifs is 1. The number of likely N-dealkylation sites (tertiary alicyclic amines) is 1. The van der Waals surface area contributed by atoms with Crippen LogP contribution in [0.1, 0.15) is 12.0 Å². The number of rotatable bonds is 13. The number of benzene rings is 3. The van der Waals surface area contributed by atoms with Crippen LogP contribution >= 0.6 is 11.6 Å². The van der Waals surface area contributed by atoms with Crippen molar-refractivity contribution in [2.75, 3.05) is 44.0 Å². The van der Waals surface area contributed by atoms with Gasteiger partial charge in [-0.3, -0.25) is 9.69 Å². The van der Waals surface area contributed by atoms with Gasteiger partial charge in [0.05, 0.1) is 34.6 Å². The van der Waals surface area contributed by atoms with E-state index in [4.69, 9.17) is 25.8 Å². The highest BCUT2D eigenvalue weighted by molar-refractivity contribution is 6.32. The predicted molar refractivity (Wildman–Crippen MR) is 161 cm³/mol. The lowest BCUT2D eigenvalue weighted by Gasteiger charge is -2.38. The van der Waals surface area contributed by atoms with Crippen molar-refractivity contribution < 1.29 is 27.8 Å². The highest BCUT2D eigenvalue weighted by Gasteiger charge is 2.25. The molecule has 4 aromatic rings. The van der Waals surface area contributed by atoms with Crippen LogP contribution in [0, 0.1) is 11.6 Å². The first-order valence-corrected chi connectivity index (χ1v) is 13.9. The number of methoxy groups -OCH3 is 1. The summed E-state index contributed by atoms with van der Waals surface area (Å²) in [6.07, 6.45) is 3.55. The third-order valence-corrected chi connectivity index (χ3v) is 7.17. The number of nitrogens with one attached hydrogen (secondary N) is 2. The van der Waals surface area contributed by atoms with Gasteiger partial charge in [-0.2, -0.15) is 0 Å². The van der Waals surface area contributed by atoms with E-state index in [9.17, 15) is 9.18 Å². The Morgan fingerprint density at radius 3 is 2.72 bits per heavy atom. The van der Waals surface area contributed by atoms with Gasteiger partial charge in [-0.1, -0.05) is 30.3 Å². The Labute approximate surface area is 252 Å². The second kappa shape index (κ2) is 13.8. The van der Waals surface area contributed by atoms with Gasteiger partial charge in [-0.25, -0.2) is 18.7 Å². The summed E-state index contributed by atoms with van der Waals surface area (Å²) in [6.45, 7) is 6.61. The molecule has 43 heavy (non-hydrogen) atoms. The van der Waals surface area contributed by atoms with Crippen LogP contribution in [0.3, 0.4) is 0 Å². The second-order valence-electron chi connectivity index (χ2n) is 9.91. The third kappa shape index (κ3) is 7.56. The first-order chi connectivity index (χ1) is 20.8. The summed E-state index contributed by atoms with van der Waals surface area (Å²) in [5.41, 5.74) is 1.52. The zero-order chi connectivity index (χ0) is 30.3. The summed E-state index contributed by atoms with van der Waals surface area (Å²) in [4.78, 5) is 23.1. The van der Waals surface area contributed by atoms with Gasteiger partial charge >= 0.3 is 0 Å². The number of carbonyl (C=O) groups excluding carboxylic acids is 1. The molecule has 12 heteroatoms. The number of anilines is 3. The van der Waals surface area contributed by atoms with Crippen molar-refractivity contribution in [3.8, 4) is 11.5 Å². The minimum absolute atomic E-state index is 0.0103. The van der Waals surface area contributed by atoms with Crippen molar-refractivity contribution >= 4 is 45.6 Å². The van der Waals surface area contributed by atoms with E-state index in [0.717, 1.165) is 38.2 Å². The molecule has 0 unspecified atom stereocenters. The van der Waals surface area contributed by atoms with Gasteiger partial charge in [0.1, 0.15) is 41.9 Å². The van der Waals surface area contributed by atoms with Gasteiger partial charge in [-0.05, 0) is 42.3 Å². The Hall–Kier alpha value is -4.32. The molecule has 0 atom stereocenters. The molecular formula is C31H30ClF2N5O4. The number of aromatic nitrogens is 2. The molecular weight excluding hydrogens is 580 g/mol. The van der Waals surface area contributed by atoms with Gasteiger partial charge < -0.3 is 24.8 Å². The Kier molecular flexibility index (Phi) is 9.65. The molecule has 0 radical (unpaired) electrons. The normalized spacial score (nSPS) is 13.4. The van der Waals surface area contributed by atoms with Crippen molar-refractivity contribution in [2.45, 2.75) is 19.1 Å². The van der Waals surface area contributed by atoms with Gasteiger partial charge in [0.15, 0.2) is 0 Å². The number of carbonyl (C=O) groups is 1. The van der Waals surface area contributed by atoms with E-state index in [-0.39, 0.29) is 35.0 Å². The smallest absolute Gasteiger partial charge is 0.247 e. The number of amides is 1. The highest BCUT2D eigenvalue weighted by atomic mass is 35.5. The molecule has 1 fully saturated rings. The van der Waals surface area contributed by atoms with Crippen LogP contribution < -0.4 is 20.1 Å². The number of nitrogens with zero attached hydrogens (tertiary/aromatic N) is 3. The van der Waals surface area contributed by atoms with Crippen LogP contribution in [0.2, 0.25) is 5.02 Å². The van der Waals surface area contributed by atoms with Gasteiger partial charge in [0, 0.05) is 44.3 Å². The van der Waals surface area contributed by atoms with E-state index >= 15 is 4.39 Å². The molecule has 0 bridgehead atoms. The SMILES string of the molecule is C=CC(=O)Nc1cc2c(Nc3cc(Cl)c(OCc4cccc(F)c4)cc3F)ncnc2cc1OCCCN1CC(OC)C1. The number of ether oxygens (including phenoxy) is 3. The molecule has 0 saturated carbocycles. The van der Waals surface area contributed by atoms with Crippen molar-refractivity contribution in [2.24, 2.45) is 0 Å². The Bertz CT molecular complexity index is 1630. The fourth-order valence-electron chi connectivity index (χ4n) is 4.56. The van der Waals surface area contributed by atoms with Crippen molar-refractivity contribution in [3.63, 3.8) is 0 Å². The van der Waals surface area contributed by atoms with E-state index in [1.165, 1.54) is 24.5 Å². The molecule has 0 spiro atoms. The molecule has 1 aliphatic rings. The highest BCUT2D eigenvalue weighted by Crippen LogP contribution is 2.36. The maximum Gasteiger partial charge on any atom is 0.247 e. The van der Waals surface area contributed by atoms with E-state index in [1.54, 1.807) is 31.4 Å². The molecule has 0 aliphatic carbocycles. The first-order valence-electron chi connectivity index (χ1n) is 13.6. The third-order valence-electron chi connectivity index (χ3n) is 6.87. The van der Waals surface area contributed by atoms with E-state index in [1.807, 2.05) is 0 Å². The van der Waals surface area contributed by atoms with Gasteiger partial charge in [0.25, 0.3) is 0 Å². The first kappa shape index (κ1) is 30.1. The topological polar surface area (TPSA) is 97.8 Å². The quantitative estimate of drug-likeness (QED) is 0.138. The molecule has 2 N–H and O–H groups in total. The monoisotopic (exact) mass is 609 g/mol. The van der Waals surface area contributed by atoms with Gasteiger partial charge in [0.2, 0.25) is 5.91 Å². The van der Waals surface area contributed by atoms with Crippen LogP contribution in [0.5, 0.6) is 11.5 Å². The minimum Gasteiger partial charge on any atom is -0.491 e. The maximum absolute atomic E-state index is 15.2. The van der Waals surface area contributed by atoms with E-state index in [0.29, 0.717) is 34.5 Å². The van der Waals surface area contributed by atoms with E-state index < -0.39 is 17.5 Å². The largest absolute Gasteiger partial charge is 0.491 e. The van der Waals surface area contributed by atoms with Crippen LogP contribution in [0.15, 0.2) is 67.5 Å². The Balaban J connectivity index is 1.33. The fraction of sp³-hybridized carbons (Fsp3) is 0.258. The zero-order valence-electron chi connectivity index (χ0n) is 23.4. The van der Waals surface area contributed by atoms with Crippen LogP contribution in [0.25, 0.3) is 10.9 Å². The number of halogens is 3. The lowest BCUT2D eigenvalue weighted by Crippen LogP contribution is -2.51. The van der Waals surface area contributed by atoms with Crippen LogP contribution in [-0.2, 0) is 16.1 Å². The van der Waals surface area contributed by atoms with Crippen LogP contribution in [0.4, 0.5) is 26.0 Å². The standard InChI is InChI=1S/C31H30ClF2N5O4/c1-3-30(40)37-27-11-22-25(14-29(27)42-9-5-8-39-15-21(16-39)41-2)35-18-36-31(22)38-26-12-23(32)28(13-24(26)34)43-17-19-6-4-7-20(33)10-19/h3-4,6-7,10-14,18,21H,1,5,8-9,15-17H2,2H3,(H,37,40)(H,35,36,38).